The largest absolute Gasteiger partial charge is 0.497 e. The molecule has 0 aromatic heterocycles. The van der Waals surface area contributed by atoms with Crippen LogP contribution in [-0.4, -0.2) is 26.8 Å². The van der Waals surface area contributed by atoms with Crippen molar-refractivity contribution in [2.45, 2.75) is 31.1 Å². The van der Waals surface area contributed by atoms with Crippen molar-refractivity contribution in [3.05, 3.63) is 102 Å². The Morgan fingerprint density at radius 1 is 0.794 bits per heavy atom. The smallest absolute Gasteiger partial charge is 0.130 e. The van der Waals surface area contributed by atoms with E-state index in [4.69, 9.17) is 9.47 Å². The highest BCUT2D eigenvalue weighted by Gasteiger charge is 2.40. The number of methoxy groups -OCH3 is 1. The molecule has 0 N–H and O–H groups in total. The molecule has 2 aliphatic heterocycles. The molecule has 0 bridgehead atoms. The van der Waals surface area contributed by atoms with Gasteiger partial charge in [-0.2, -0.15) is 0 Å². The summed E-state index contributed by atoms with van der Waals surface area (Å²) in [6, 6.07) is 30.8. The highest BCUT2D eigenvalue weighted by atomic mass is 16.5. The SMILES string of the molecule is COc1ccc2c3c(ccc2c1)CC(c1ccccc1)(c1ccc(N2CCCCC2)cc1)CO3. The number of nitrogens with zero attached hydrogens (tertiary/aromatic N) is 1. The predicted octanol–water partition coefficient (Wildman–Crippen LogP) is 6.76. The number of hydrogen-bond donors (Lipinski definition) is 0. The van der Waals surface area contributed by atoms with Crippen molar-refractivity contribution in [3.63, 3.8) is 0 Å². The number of hydrogen-bond acceptors (Lipinski definition) is 3. The monoisotopic (exact) mass is 449 g/mol. The van der Waals surface area contributed by atoms with E-state index in [1.807, 2.05) is 6.07 Å². The molecule has 34 heavy (non-hydrogen) atoms. The van der Waals surface area contributed by atoms with E-state index in [1.165, 1.54) is 41.6 Å². The standard InChI is InChI=1S/C31H31NO2/c1-33-28-16-17-29-23(20-28)10-11-24-21-31(22-34-30(24)29,25-8-4-2-5-9-25)26-12-14-27(15-13-26)32-18-6-3-7-19-32/h2,4-5,8-17,20H,3,6-7,18-19,21-22H2,1H3. The van der Waals surface area contributed by atoms with E-state index in [0.29, 0.717) is 6.61 Å². The van der Waals surface area contributed by atoms with Crippen LogP contribution in [0.5, 0.6) is 11.5 Å². The Morgan fingerprint density at radius 3 is 2.32 bits per heavy atom. The Morgan fingerprint density at radius 2 is 1.56 bits per heavy atom. The van der Waals surface area contributed by atoms with Crippen LogP contribution in [0, 0.1) is 0 Å². The number of anilines is 1. The van der Waals surface area contributed by atoms with Crippen molar-refractivity contribution < 1.29 is 9.47 Å². The van der Waals surface area contributed by atoms with Gasteiger partial charge in [-0.25, -0.2) is 0 Å². The highest BCUT2D eigenvalue weighted by molar-refractivity contribution is 5.91. The quantitative estimate of drug-likeness (QED) is 0.344. The minimum Gasteiger partial charge on any atom is -0.497 e. The van der Waals surface area contributed by atoms with Crippen LogP contribution in [0.15, 0.2) is 84.9 Å². The third-order valence-electron chi connectivity index (χ3n) is 7.68. The molecule has 4 aromatic rings. The average molecular weight is 450 g/mol. The summed E-state index contributed by atoms with van der Waals surface area (Å²) in [7, 11) is 1.71. The lowest BCUT2D eigenvalue weighted by atomic mass is 9.69. The van der Waals surface area contributed by atoms with Crippen LogP contribution < -0.4 is 14.4 Å². The summed E-state index contributed by atoms with van der Waals surface area (Å²) in [5, 5.41) is 2.30. The molecule has 0 amide bonds. The van der Waals surface area contributed by atoms with E-state index in [2.05, 4.69) is 83.8 Å². The van der Waals surface area contributed by atoms with Gasteiger partial charge in [-0.3, -0.25) is 0 Å². The number of rotatable bonds is 4. The number of benzene rings is 4. The summed E-state index contributed by atoms with van der Waals surface area (Å²) < 4.78 is 12.1. The number of ether oxygens (including phenoxy) is 2. The summed E-state index contributed by atoms with van der Waals surface area (Å²) in [6.45, 7) is 2.95. The molecule has 4 aromatic carbocycles. The maximum absolute atomic E-state index is 6.63. The summed E-state index contributed by atoms with van der Waals surface area (Å²) in [5.74, 6) is 1.88. The average Bonchev–Trinajstić information content (AvgIpc) is 2.93. The van der Waals surface area contributed by atoms with Gasteiger partial charge in [-0.1, -0.05) is 54.6 Å². The van der Waals surface area contributed by atoms with Crippen molar-refractivity contribution in [2.24, 2.45) is 0 Å². The second-order valence-electron chi connectivity index (χ2n) is 9.65. The molecule has 3 nitrogen and oxygen atoms in total. The molecule has 172 valence electrons. The minimum atomic E-state index is -0.213. The first kappa shape index (κ1) is 21.1. The van der Waals surface area contributed by atoms with Gasteiger partial charge in [-0.15, -0.1) is 0 Å². The lowest BCUT2D eigenvalue weighted by Gasteiger charge is -2.40. The molecule has 2 aliphatic rings. The molecular weight excluding hydrogens is 418 g/mol. The molecule has 1 atom stereocenters. The van der Waals surface area contributed by atoms with Crippen LogP contribution in [-0.2, 0) is 11.8 Å². The summed E-state index contributed by atoms with van der Waals surface area (Å²) >= 11 is 0. The van der Waals surface area contributed by atoms with Crippen molar-refractivity contribution in [2.75, 3.05) is 31.7 Å². The summed E-state index contributed by atoms with van der Waals surface area (Å²) in [5.41, 5.74) is 5.01. The first-order valence-corrected chi connectivity index (χ1v) is 12.4. The van der Waals surface area contributed by atoms with E-state index in [9.17, 15) is 0 Å². The molecule has 1 fully saturated rings. The number of fused-ring (bicyclic) bond motifs is 3. The van der Waals surface area contributed by atoms with Crippen molar-refractivity contribution in [1.82, 2.24) is 0 Å². The topological polar surface area (TPSA) is 21.7 Å². The third kappa shape index (κ3) is 3.60. The Hall–Kier alpha value is -3.46. The molecule has 0 spiro atoms. The van der Waals surface area contributed by atoms with E-state index in [1.54, 1.807) is 7.11 Å². The second-order valence-corrected chi connectivity index (χ2v) is 9.65. The molecule has 2 heterocycles. The van der Waals surface area contributed by atoms with Gasteiger partial charge in [0.25, 0.3) is 0 Å². The number of piperidine rings is 1. The lowest BCUT2D eigenvalue weighted by molar-refractivity contribution is 0.217. The van der Waals surface area contributed by atoms with Gasteiger partial charge < -0.3 is 14.4 Å². The van der Waals surface area contributed by atoms with Crippen LogP contribution in [0.3, 0.4) is 0 Å². The first-order valence-electron chi connectivity index (χ1n) is 12.4. The first-order chi connectivity index (χ1) is 16.8. The van der Waals surface area contributed by atoms with Crippen molar-refractivity contribution in [3.8, 4) is 11.5 Å². The van der Waals surface area contributed by atoms with Crippen molar-refractivity contribution in [1.29, 1.82) is 0 Å². The van der Waals surface area contributed by atoms with E-state index < -0.39 is 0 Å². The molecule has 0 radical (unpaired) electrons. The fourth-order valence-corrected chi connectivity index (χ4v) is 5.77. The predicted molar refractivity (Wildman–Crippen MR) is 139 cm³/mol. The summed E-state index contributed by atoms with van der Waals surface area (Å²) in [6.07, 6.45) is 4.85. The Kier molecular flexibility index (Phi) is 5.41. The normalized spacial score (nSPS) is 20.0. The van der Waals surface area contributed by atoms with Gasteiger partial charge in [0.1, 0.15) is 18.1 Å². The van der Waals surface area contributed by atoms with Crippen LogP contribution in [0.25, 0.3) is 10.8 Å². The molecule has 1 saturated heterocycles. The third-order valence-corrected chi connectivity index (χ3v) is 7.68. The van der Waals surface area contributed by atoms with E-state index in [-0.39, 0.29) is 5.41 Å². The van der Waals surface area contributed by atoms with E-state index >= 15 is 0 Å². The zero-order valence-corrected chi connectivity index (χ0v) is 19.8. The van der Waals surface area contributed by atoms with Gasteiger partial charge in [0.05, 0.1) is 12.5 Å². The molecule has 0 aliphatic carbocycles. The maximum atomic E-state index is 6.63. The molecular formula is C31H31NO2. The van der Waals surface area contributed by atoms with Crippen LogP contribution in [0.1, 0.15) is 36.0 Å². The molecule has 3 heteroatoms. The van der Waals surface area contributed by atoms with Crippen LogP contribution >= 0.6 is 0 Å². The van der Waals surface area contributed by atoms with Gasteiger partial charge in [-0.05, 0) is 78.1 Å². The Balaban J connectivity index is 1.41. The molecule has 6 rings (SSSR count). The van der Waals surface area contributed by atoms with Gasteiger partial charge in [0.2, 0.25) is 0 Å². The van der Waals surface area contributed by atoms with Crippen LogP contribution in [0.2, 0.25) is 0 Å². The fourth-order valence-electron chi connectivity index (χ4n) is 5.77. The second kappa shape index (κ2) is 8.72. The van der Waals surface area contributed by atoms with Gasteiger partial charge in [0.15, 0.2) is 0 Å². The lowest BCUT2D eigenvalue weighted by Crippen LogP contribution is -2.40. The highest BCUT2D eigenvalue weighted by Crippen LogP contribution is 2.45. The van der Waals surface area contributed by atoms with E-state index in [0.717, 1.165) is 41.8 Å². The van der Waals surface area contributed by atoms with Crippen LogP contribution in [0.4, 0.5) is 5.69 Å². The van der Waals surface area contributed by atoms with Crippen molar-refractivity contribution >= 4 is 16.5 Å². The molecule has 0 saturated carbocycles. The minimum absolute atomic E-state index is 0.213. The zero-order chi connectivity index (χ0) is 23.0. The van der Waals surface area contributed by atoms with Gasteiger partial charge >= 0.3 is 0 Å². The summed E-state index contributed by atoms with van der Waals surface area (Å²) in [4.78, 5) is 2.52. The Labute approximate surface area is 201 Å². The Bertz CT molecular complexity index is 1290. The fraction of sp³-hybridized carbons (Fsp3) is 0.290. The zero-order valence-electron chi connectivity index (χ0n) is 19.8. The maximum Gasteiger partial charge on any atom is 0.130 e. The molecule has 1 unspecified atom stereocenters. The van der Waals surface area contributed by atoms with Gasteiger partial charge in [0, 0.05) is 24.2 Å².